The van der Waals surface area contributed by atoms with Crippen LogP contribution in [-0.4, -0.2) is 34.3 Å². The molecule has 0 saturated carbocycles. The van der Waals surface area contributed by atoms with Gasteiger partial charge in [0.15, 0.2) is 0 Å². The average Bonchev–Trinajstić information content (AvgIpc) is 2.26. The summed E-state index contributed by atoms with van der Waals surface area (Å²) >= 11 is 1.60. The van der Waals surface area contributed by atoms with Crippen molar-refractivity contribution in [3.05, 3.63) is 0 Å². The van der Waals surface area contributed by atoms with Crippen molar-refractivity contribution in [2.75, 3.05) is 6.54 Å². The Morgan fingerprint density at radius 3 is 3.00 bits per heavy atom. The van der Waals surface area contributed by atoms with Gasteiger partial charge in [-0.25, -0.2) is 0 Å². The van der Waals surface area contributed by atoms with E-state index in [0.29, 0.717) is 18.3 Å². The first kappa shape index (κ1) is 6.22. The zero-order chi connectivity index (χ0) is 7.14. The Bertz CT molecular complexity index is 194. The Hall–Kier alpha value is -0.510. The van der Waals surface area contributed by atoms with E-state index >= 15 is 0 Å². The van der Waals surface area contributed by atoms with E-state index in [4.69, 9.17) is 0 Å². The van der Waals surface area contributed by atoms with Crippen LogP contribution in [0, 0.1) is 0 Å². The highest BCUT2D eigenvalue weighted by molar-refractivity contribution is 8.01. The molecule has 54 valence electrons. The van der Waals surface area contributed by atoms with Crippen LogP contribution in [0.4, 0.5) is 0 Å². The van der Waals surface area contributed by atoms with Gasteiger partial charge in [0.1, 0.15) is 6.29 Å². The third-order valence-corrected chi connectivity index (χ3v) is 3.22. The molecule has 2 aliphatic heterocycles. The van der Waals surface area contributed by atoms with Crippen LogP contribution in [0.1, 0.15) is 6.42 Å². The Balaban J connectivity index is 2.05. The van der Waals surface area contributed by atoms with E-state index in [1.807, 2.05) is 0 Å². The van der Waals surface area contributed by atoms with Gasteiger partial charge in [-0.1, -0.05) is 0 Å². The molecular formula is C6H7NO2S. The maximum absolute atomic E-state index is 10.8. The van der Waals surface area contributed by atoms with Crippen molar-refractivity contribution in [1.82, 2.24) is 4.90 Å². The fourth-order valence-corrected chi connectivity index (χ4v) is 2.58. The molecule has 2 heterocycles. The first-order valence-electron chi connectivity index (χ1n) is 3.21. The number of carbonyl (C=O) groups is 2. The largest absolute Gasteiger partial charge is 0.329 e. The second-order valence-electron chi connectivity index (χ2n) is 2.52. The van der Waals surface area contributed by atoms with Crippen molar-refractivity contribution < 1.29 is 9.59 Å². The number of carbonyl (C=O) groups excluding carboxylic acids is 2. The molecule has 0 spiro atoms. The Kier molecular flexibility index (Phi) is 1.23. The molecule has 2 fully saturated rings. The number of fused-ring (bicyclic) bond motifs is 1. The van der Waals surface area contributed by atoms with Gasteiger partial charge >= 0.3 is 0 Å². The van der Waals surface area contributed by atoms with Gasteiger partial charge in [0.25, 0.3) is 0 Å². The van der Waals surface area contributed by atoms with Crippen LogP contribution in [0.5, 0.6) is 0 Å². The molecule has 2 atom stereocenters. The van der Waals surface area contributed by atoms with E-state index < -0.39 is 0 Å². The summed E-state index contributed by atoms with van der Waals surface area (Å²) in [5.74, 6) is 0.196. The smallest absolute Gasteiger partial charge is 0.226 e. The molecule has 2 aliphatic rings. The zero-order valence-electron chi connectivity index (χ0n) is 5.32. The Labute approximate surface area is 62.8 Å². The highest BCUT2D eigenvalue weighted by atomic mass is 32.2. The van der Waals surface area contributed by atoms with Gasteiger partial charge in [0, 0.05) is 6.54 Å². The van der Waals surface area contributed by atoms with E-state index in [2.05, 4.69) is 0 Å². The van der Waals surface area contributed by atoms with E-state index in [1.165, 1.54) is 0 Å². The summed E-state index contributed by atoms with van der Waals surface area (Å²) in [5.41, 5.74) is 0. The van der Waals surface area contributed by atoms with Crippen molar-refractivity contribution >= 4 is 24.0 Å². The van der Waals surface area contributed by atoms with Crippen LogP contribution in [-0.2, 0) is 9.59 Å². The molecule has 4 heteroatoms. The minimum Gasteiger partial charge on any atom is -0.329 e. The molecule has 0 aromatic heterocycles. The SMILES string of the molecule is O=CC1CN2C(=O)CC2S1. The molecule has 0 aromatic rings. The maximum Gasteiger partial charge on any atom is 0.226 e. The van der Waals surface area contributed by atoms with Crippen molar-refractivity contribution in [3.8, 4) is 0 Å². The molecule has 2 unspecified atom stereocenters. The lowest BCUT2D eigenvalue weighted by atomic mass is 10.2. The lowest BCUT2D eigenvalue weighted by Gasteiger charge is -2.32. The topological polar surface area (TPSA) is 37.4 Å². The average molecular weight is 157 g/mol. The number of thioether (sulfide) groups is 1. The van der Waals surface area contributed by atoms with E-state index in [-0.39, 0.29) is 11.2 Å². The van der Waals surface area contributed by atoms with Gasteiger partial charge in [-0.15, -0.1) is 11.8 Å². The minimum absolute atomic E-state index is 0.0384. The predicted octanol–water partition coefficient (Wildman–Crippen LogP) is -0.141. The van der Waals surface area contributed by atoms with Crippen molar-refractivity contribution in [2.24, 2.45) is 0 Å². The summed E-state index contributed by atoms with van der Waals surface area (Å²) in [6.07, 6.45) is 1.56. The van der Waals surface area contributed by atoms with Crippen LogP contribution in [0.25, 0.3) is 0 Å². The number of rotatable bonds is 1. The van der Waals surface area contributed by atoms with Gasteiger partial charge in [0.05, 0.1) is 17.0 Å². The Morgan fingerprint density at radius 2 is 2.50 bits per heavy atom. The number of hydrogen-bond acceptors (Lipinski definition) is 3. The van der Waals surface area contributed by atoms with E-state index in [0.717, 1.165) is 6.29 Å². The number of aldehydes is 1. The molecule has 2 rings (SSSR count). The summed E-state index contributed by atoms with van der Waals surface area (Å²) in [6.45, 7) is 0.637. The first-order valence-corrected chi connectivity index (χ1v) is 4.16. The quantitative estimate of drug-likeness (QED) is 0.392. The van der Waals surface area contributed by atoms with Crippen LogP contribution >= 0.6 is 11.8 Å². The minimum atomic E-state index is 0.0384. The number of nitrogens with zero attached hydrogens (tertiary/aromatic N) is 1. The molecule has 0 N–H and O–H groups in total. The van der Waals surface area contributed by atoms with Gasteiger partial charge in [-0.3, -0.25) is 4.79 Å². The van der Waals surface area contributed by atoms with Crippen LogP contribution in [0.2, 0.25) is 0 Å². The third kappa shape index (κ3) is 0.683. The molecule has 1 amide bonds. The molecule has 3 nitrogen and oxygen atoms in total. The highest BCUT2D eigenvalue weighted by Gasteiger charge is 2.44. The molecule has 2 saturated heterocycles. The van der Waals surface area contributed by atoms with Crippen molar-refractivity contribution in [3.63, 3.8) is 0 Å². The maximum atomic E-state index is 10.8. The standard InChI is InChI=1S/C6H7NO2S/c8-3-4-2-7-5(9)1-6(7)10-4/h3-4,6H,1-2H2. The van der Waals surface area contributed by atoms with E-state index in [1.54, 1.807) is 16.7 Å². The highest BCUT2D eigenvalue weighted by Crippen LogP contribution is 2.38. The number of β-lactam (4-membered cyclic amide) rings is 1. The zero-order valence-corrected chi connectivity index (χ0v) is 6.13. The number of amides is 1. The van der Waals surface area contributed by atoms with Gasteiger partial charge in [0.2, 0.25) is 5.91 Å². The molecule has 10 heavy (non-hydrogen) atoms. The van der Waals surface area contributed by atoms with Gasteiger partial charge in [-0.2, -0.15) is 0 Å². The summed E-state index contributed by atoms with van der Waals surface area (Å²) in [7, 11) is 0. The van der Waals surface area contributed by atoms with Crippen LogP contribution in [0.15, 0.2) is 0 Å². The normalized spacial score (nSPS) is 37.2. The fraction of sp³-hybridized carbons (Fsp3) is 0.667. The fourth-order valence-electron chi connectivity index (χ4n) is 1.28. The summed E-state index contributed by atoms with van der Waals surface area (Å²) < 4.78 is 0. The van der Waals surface area contributed by atoms with Crippen molar-refractivity contribution in [1.29, 1.82) is 0 Å². The monoisotopic (exact) mass is 157 g/mol. The lowest BCUT2D eigenvalue weighted by Crippen LogP contribution is -2.47. The van der Waals surface area contributed by atoms with Gasteiger partial charge in [-0.05, 0) is 0 Å². The molecule has 0 bridgehead atoms. The molecule has 0 aromatic carbocycles. The predicted molar refractivity (Wildman–Crippen MR) is 37.6 cm³/mol. The summed E-state index contributed by atoms with van der Waals surface area (Å²) in [5, 5.41) is 0.360. The summed E-state index contributed by atoms with van der Waals surface area (Å²) in [6, 6.07) is 0. The summed E-state index contributed by atoms with van der Waals surface area (Å²) in [4.78, 5) is 22.8. The molecule has 0 aliphatic carbocycles. The molecule has 0 radical (unpaired) electrons. The third-order valence-electron chi connectivity index (χ3n) is 1.88. The number of hydrogen-bond donors (Lipinski definition) is 0. The van der Waals surface area contributed by atoms with Crippen LogP contribution < -0.4 is 0 Å². The molecular weight excluding hydrogens is 150 g/mol. The second-order valence-corrected chi connectivity index (χ2v) is 3.94. The lowest BCUT2D eigenvalue weighted by molar-refractivity contribution is -0.140. The van der Waals surface area contributed by atoms with Gasteiger partial charge < -0.3 is 9.69 Å². The van der Waals surface area contributed by atoms with Crippen LogP contribution in [0.3, 0.4) is 0 Å². The first-order chi connectivity index (χ1) is 4.81. The Morgan fingerprint density at radius 1 is 1.70 bits per heavy atom. The second kappa shape index (κ2) is 1.99. The van der Waals surface area contributed by atoms with Crippen molar-refractivity contribution in [2.45, 2.75) is 17.0 Å². The van der Waals surface area contributed by atoms with E-state index in [9.17, 15) is 9.59 Å².